The summed E-state index contributed by atoms with van der Waals surface area (Å²) in [5.74, 6) is 0.666. The van der Waals surface area contributed by atoms with E-state index in [1.54, 1.807) is 12.1 Å². The minimum atomic E-state index is -0.140. The molecule has 1 rings (SSSR count). The lowest BCUT2D eigenvalue weighted by molar-refractivity contribution is 0.260. The minimum absolute atomic E-state index is 0.140. The van der Waals surface area contributed by atoms with E-state index in [1.807, 2.05) is 0 Å². The van der Waals surface area contributed by atoms with Crippen LogP contribution in [0.25, 0.3) is 0 Å². The standard InChI is InChI=1S/C12H19NO3/c1-2-3-4-5-16-12-6-10(8-14)13-11(7-12)9-15/h6-7,14-15H,2-5,8-9H2,1H3. The molecule has 2 N–H and O–H groups in total. The number of aliphatic hydroxyl groups excluding tert-OH is 2. The Labute approximate surface area is 95.9 Å². The maximum absolute atomic E-state index is 8.99. The summed E-state index contributed by atoms with van der Waals surface area (Å²) in [5, 5.41) is 18.0. The Hall–Kier alpha value is -1.13. The van der Waals surface area contributed by atoms with Crippen LogP contribution >= 0.6 is 0 Å². The molecule has 0 fully saturated rings. The average molecular weight is 225 g/mol. The summed E-state index contributed by atoms with van der Waals surface area (Å²) < 4.78 is 5.53. The minimum Gasteiger partial charge on any atom is -0.493 e. The number of aromatic nitrogens is 1. The second-order valence-corrected chi connectivity index (χ2v) is 3.66. The number of pyridine rings is 1. The van der Waals surface area contributed by atoms with Gasteiger partial charge in [-0.1, -0.05) is 19.8 Å². The van der Waals surface area contributed by atoms with Gasteiger partial charge in [-0.2, -0.15) is 0 Å². The lowest BCUT2D eigenvalue weighted by Crippen LogP contribution is -2.01. The number of nitrogens with zero attached hydrogens (tertiary/aromatic N) is 1. The highest BCUT2D eigenvalue weighted by molar-refractivity contribution is 5.26. The van der Waals surface area contributed by atoms with E-state index in [4.69, 9.17) is 14.9 Å². The van der Waals surface area contributed by atoms with Crippen molar-refractivity contribution in [3.8, 4) is 5.75 Å². The van der Waals surface area contributed by atoms with E-state index >= 15 is 0 Å². The summed E-state index contributed by atoms with van der Waals surface area (Å²) in [7, 11) is 0. The van der Waals surface area contributed by atoms with Gasteiger partial charge >= 0.3 is 0 Å². The van der Waals surface area contributed by atoms with Crippen molar-refractivity contribution >= 4 is 0 Å². The molecule has 1 aromatic rings. The highest BCUT2D eigenvalue weighted by Crippen LogP contribution is 2.15. The maximum atomic E-state index is 8.99. The number of unbranched alkanes of at least 4 members (excludes halogenated alkanes) is 2. The molecule has 16 heavy (non-hydrogen) atoms. The predicted octanol–water partition coefficient (Wildman–Crippen LogP) is 1.64. The zero-order chi connectivity index (χ0) is 11.8. The van der Waals surface area contributed by atoms with E-state index < -0.39 is 0 Å². The molecule has 0 unspecified atom stereocenters. The summed E-state index contributed by atoms with van der Waals surface area (Å²) in [6.45, 7) is 2.52. The molecule has 0 saturated carbocycles. The average Bonchev–Trinajstić information content (AvgIpc) is 2.34. The van der Waals surface area contributed by atoms with Crippen LogP contribution in [0.3, 0.4) is 0 Å². The highest BCUT2D eigenvalue weighted by atomic mass is 16.5. The van der Waals surface area contributed by atoms with Gasteiger partial charge in [0.05, 0.1) is 31.2 Å². The van der Waals surface area contributed by atoms with Crippen molar-refractivity contribution in [2.75, 3.05) is 6.61 Å². The van der Waals surface area contributed by atoms with Gasteiger partial charge in [-0.15, -0.1) is 0 Å². The normalized spacial score (nSPS) is 10.4. The van der Waals surface area contributed by atoms with Gasteiger partial charge in [-0.25, -0.2) is 0 Å². The SMILES string of the molecule is CCCCCOc1cc(CO)nc(CO)c1. The summed E-state index contributed by atoms with van der Waals surface area (Å²) in [6, 6.07) is 3.40. The molecule has 0 saturated heterocycles. The maximum Gasteiger partial charge on any atom is 0.123 e. The Balaban J connectivity index is 2.57. The fourth-order valence-electron chi connectivity index (χ4n) is 1.41. The lowest BCUT2D eigenvalue weighted by atomic mass is 10.2. The molecule has 0 bridgehead atoms. The molecule has 1 heterocycles. The Morgan fingerprint density at radius 3 is 2.25 bits per heavy atom. The van der Waals surface area contributed by atoms with E-state index in [0.717, 1.165) is 19.3 Å². The molecule has 1 aromatic heterocycles. The van der Waals surface area contributed by atoms with Crippen LogP contribution in [-0.4, -0.2) is 21.8 Å². The third-order valence-corrected chi connectivity index (χ3v) is 2.25. The fourth-order valence-corrected chi connectivity index (χ4v) is 1.41. The van der Waals surface area contributed by atoms with Crippen LogP contribution in [0.2, 0.25) is 0 Å². The summed E-state index contributed by atoms with van der Waals surface area (Å²) >= 11 is 0. The quantitative estimate of drug-likeness (QED) is 0.692. The second-order valence-electron chi connectivity index (χ2n) is 3.66. The molecule has 4 nitrogen and oxygen atoms in total. The van der Waals surface area contributed by atoms with Gasteiger partial charge in [0.2, 0.25) is 0 Å². The first kappa shape index (κ1) is 12.9. The van der Waals surface area contributed by atoms with Crippen LogP contribution in [0.1, 0.15) is 37.6 Å². The number of ether oxygens (including phenoxy) is 1. The van der Waals surface area contributed by atoms with Crippen molar-refractivity contribution in [2.24, 2.45) is 0 Å². The van der Waals surface area contributed by atoms with E-state index in [-0.39, 0.29) is 13.2 Å². The Kier molecular flexibility index (Phi) is 5.82. The molecule has 0 aromatic carbocycles. The van der Waals surface area contributed by atoms with Gasteiger partial charge in [-0.3, -0.25) is 4.98 Å². The van der Waals surface area contributed by atoms with Crippen molar-refractivity contribution in [1.82, 2.24) is 4.98 Å². The van der Waals surface area contributed by atoms with Crippen molar-refractivity contribution in [3.63, 3.8) is 0 Å². The van der Waals surface area contributed by atoms with Gasteiger partial charge in [0, 0.05) is 12.1 Å². The Morgan fingerprint density at radius 2 is 1.75 bits per heavy atom. The number of hydrogen-bond acceptors (Lipinski definition) is 4. The first-order valence-electron chi connectivity index (χ1n) is 5.64. The molecule has 90 valence electrons. The molecule has 0 radical (unpaired) electrons. The number of hydrogen-bond donors (Lipinski definition) is 2. The number of aliphatic hydroxyl groups is 2. The zero-order valence-corrected chi connectivity index (χ0v) is 9.65. The van der Waals surface area contributed by atoms with Crippen LogP contribution in [-0.2, 0) is 13.2 Å². The van der Waals surface area contributed by atoms with Crippen LogP contribution in [0.15, 0.2) is 12.1 Å². The van der Waals surface area contributed by atoms with Gasteiger partial charge in [0.25, 0.3) is 0 Å². The van der Waals surface area contributed by atoms with Gasteiger partial charge in [0.15, 0.2) is 0 Å². The molecule has 0 aliphatic rings. The predicted molar refractivity (Wildman–Crippen MR) is 61.1 cm³/mol. The molecular weight excluding hydrogens is 206 g/mol. The highest BCUT2D eigenvalue weighted by Gasteiger charge is 2.02. The van der Waals surface area contributed by atoms with E-state index in [0.29, 0.717) is 23.7 Å². The topological polar surface area (TPSA) is 62.6 Å². The van der Waals surface area contributed by atoms with Crippen molar-refractivity contribution in [2.45, 2.75) is 39.4 Å². The van der Waals surface area contributed by atoms with Crippen LogP contribution in [0.4, 0.5) is 0 Å². The molecule has 0 aliphatic heterocycles. The van der Waals surface area contributed by atoms with Crippen LogP contribution < -0.4 is 4.74 Å². The Bertz CT molecular complexity index is 293. The van der Waals surface area contributed by atoms with Crippen molar-refractivity contribution in [3.05, 3.63) is 23.5 Å². The van der Waals surface area contributed by atoms with E-state index in [9.17, 15) is 0 Å². The monoisotopic (exact) mass is 225 g/mol. The third kappa shape index (κ3) is 4.16. The van der Waals surface area contributed by atoms with Gasteiger partial charge in [-0.05, 0) is 6.42 Å². The molecule has 4 heteroatoms. The van der Waals surface area contributed by atoms with Crippen molar-refractivity contribution in [1.29, 1.82) is 0 Å². The summed E-state index contributed by atoms with van der Waals surface area (Å²) in [5.41, 5.74) is 1.05. The first-order chi connectivity index (χ1) is 7.80. The molecule has 0 amide bonds. The first-order valence-corrected chi connectivity index (χ1v) is 5.64. The summed E-state index contributed by atoms with van der Waals surface area (Å²) in [4.78, 5) is 4.03. The second kappa shape index (κ2) is 7.19. The molecule has 0 spiro atoms. The zero-order valence-electron chi connectivity index (χ0n) is 9.65. The summed E-state index contributed by atoms with van der Waals surface area (Å²) in [6.07, 6.45) is 3.32. The largest absolute Gasteiger partial charge is 0.493 e. The van der Waals surface area contributed by atoms with Gasteiger partial charge in [0.1, 0.15) is 5.75 Å². The van der Waals surface area contributed by atoms with Crippen molar-refractivity contribution < 1.29 is 14.9 Å². The van der Waals surface area contributed by atoms with E-state index in [1.165, 1.54) is 0 Å². The Morgan fingerprint density at radius 1 is 1.12 bits per heavy atom. The van der Waals surface area contributed by atoms with Crippen LogP contribution in [0, 0.1) is 0 Å². The van der Waals surface area contributed by atoms with E-state index in [2.05, 4.69) is 11.9 Å². The lowest BCUT2D eigenvalue weighted by Gasteiger charge is -2.08. The van der Waals surface area contributed by atoms with Gasteiger partial charge < -0.3 is 14.9 Å². The smallest absolute Gasteiger partial charge is 0.123 e. The number of rotatable bonds is 7. The molecule has 0 aliphatic carbocycles. The third-order valence-electron chi connectivity index (χ3n) is 2.25. The van der Waals surface area contributed by atoms with Crippen LogP contribution in [0.5, 0.6) is 5.75 Å². The molecule has 0 atom stereocenters. The molecular formula is C12H19NO3. The fraction of sp³-hybridized carbons (Fsp3) is 0.583.